The van der Waals surface area contributed by atoms with Crippen molar-refractivity contribution in [2.75, 3.05) is 0 Å². The van der Waals surface area contributed by atoms with Crippen molar-refractivity contribution < 1.29 is 26.6 Å². The molecule has 6 nitrogen and oxygen atoms in total. The summed E-state index contributed by atoms with van der Waals surface area (Å²) in [6.07, 6.45) is 0. The minimum absolute atomic E-state index is 0.265. The molecule has 36 heavy (non-hydrogen) atoms. The molecule has 0 saturated carbocycles. The molecule has 1 aliphatic heterocycles. The van der Waals surface area contributed by atoms with Gasteiger partial charge in [0.05, 0.1) is 15.9 Å². The highest BCUT2D eigenvalue weighted by Gasteiger charge is 2.57. The van der Waals surface area contributed by atoms with E-state index in [1.165, 1.54) is 0 Å². The average molecular weight is 546 g/mol. The van der Waals surface area contributed by atoms with Gasteiger partial charge in [0.15, 0.2) is 0 Å². The second kappa shape index (κ2) is 9.21. The molecule has 0 aromatic heterocycles. The minimum atomic E-state index is -4.39. The van der Waals surface area contributed by atoms with E-state index in [2.05, 4.69) is 0 Å². The molecule has 0 amide bonds. The molecule has 3 aromatic carbocycles. The van der Waals surface area contributed by atoms with Crippen molar-refractivity contribution in [1.29, 1.82) is 0 Å². The van der Waals surface area contributed by atoms with Crippen LogP contribution in [0.3, 0.4) is 0 Å². The van der Waals surface area contributed by atoms with Crippen LogP contribution in [0, 0.1) is 62.3 Å². The van der Waals surface area contributed by atoms with Crippen molar-refractivity contribution in [3.8, 4) is 0 Å². The summed E-state index contributed by atoms with van der Waals surface area (Å²) in [7, 11) is -13.2. The summed E-state index contributed by atoms with van der Waals surface area (Å²) < 4.78 is 61.9. The Kier molecular flexibility index (Phi) is 6.97. The Hall–Kier alpha value is -1.77. The summed E-state index contributed by atoms with van der Waals surface area (Å²) in [5, 5.41) is 0.796. The maximum absolute atomic E-state index is 14.7. The van der Waals surface area contributed by atoms with Gasteiger partial charge in [-0.15, -0.1) is 0 Å². The van der Waals surface area contributed by atoms with E-state index < -0.39 is 22.8 Å². The van der Waals surface area contributed by atoms with Crippen LogP contribution in [0.5, 0.6) is 0 Å². The molecule has 4 rings (SSSR count). The minimum Gasteiger partial charge on any atom is -0.254 e. The van der Waals surface area contributed by atoms with Crippen LogP contribution < -0.4 is 15.9 Å². The SMILES string of the molecule is Cc1cc(C)c(P2(=O)OP(=O)(c3c(C)cc(C)cc3C)OP(=O)(c3c(C)cc(C)cc3C)O2)c(C)c1. The van der Waals surface area contributed by atoms with Crippen molar-refractivity contribution >= 4 is 38.7 Å². The van der Waals surface area contributed by atoms with Crippen molar-refractivity contribution in [3.05, 3.63) is 86.5 Å². The third-order valence-corrected chi connectivity index (χ3v) is 15.3. The van der Waals surface area contributed by atoms with Gasteiger partial charge in [-0.1, -0.05) is 53.1 Å². The fourth-order valence-electron chi connectivity index (χ4n) is 5.53. The second-order valence-electron chi connectivity index (χ2n) is 9.98. The van der Waals surface area contributed by atoms with Crippen molar-refractivity contribution in [2.45, 2.75) is 62.3 Å². The number of hydrogen-bond donors (Lipinski definition) is 0. The van der Waals surface area contributed by atoms with Crippen LogP contribution in [-0.2, 0) is 26.6 Å². The van der Waals surface area contributed by atoms with Gasteiger partial charge in [0, 0.05) is 0 Å². The topological polar surface area (TPSA) is 78.9 Å². The Bertz CT molecular complexity index is 1280. The quantitative estimate of drug-likeness (QED) is 0.319. The third kappa shape index (κ3) is 4.65. The summed E-state index contributed by atoms with van der Waals surface area (Å²) in [5.74, 6) is 0. The molecule has 192 valence electrons. The fraction of sp³-hybridized carbons (Fsp3) is 0.333. The van der Waals surface area contributed by atoms with E-state index in [-0.39, 0.29) is 15.9 Å². The second-order valence-corrected chi connectivity index (χ2v) is 16.3. The molecule has 0 radical (unpaired) electrons. The zero-order valence-electron chi connectivity index (χ0n) is 22.3. The Labute approximate surface area is 214 Å². The van der Waals surface area contributed by atoms with Crippen LogP contribution in [0.4, 0.5) is 0 Å². The standard InChI is InChI=1S/C27H33O6P3/c1-16-10-19(4)25(20(5)11-16)34(28)31-35(29,26-21(6)12-17(2)13-22(26)7)33-36(30,32-34)27-23(8)14-18(3)15-24(27)9/h10-15H,1-9H3. The predicted octanol–water partition coefficient (Wildman–Crippen LogP) is 7.38. The molecule has 1 fully saturated rings. The summed E-state index contributed by atoms with van der Waals surface area (Å²) in [4.78, 5) is 0. The molecule has 0 spiro atoms. The number of rotatable bonds is 3. The van der Waals surface area contributed by atoms with Gasteiger partial charge in [-0.2, -0.15) is 0 Å². The van der Waals surface area contributed by atoms with Crippen LogP contribution in [0.15, 0.2) is 36.4 Å². The Balaban J connectivity index is 2.06. The van der Waals surface area contributed by atoms with Gasteiger partial charge < -0.3 is 0 Å². The number of aryl methyl sites for hydroxylation is 9. The first-order chi connectivity index (χ1) is 16.6. The molecule has 0 bridgehead atoms. The molecular weight excluding hydrogens is 513 g/mol. The van der Waals surface area contributed by atoms with Crippen LogP contribution in [0.25, 0.3) is 0 Å². The van der Waals surface area contributed by atoms with Gasteiger partial charge in [-0.05, 0) is 95.7 Å². The van der Waals surface area contributed by atoms with Gasteiger partial charge in [0.2, 0.25) is 0 Å². The highest BCUT2D eigenvalue weighted by molar-refractivity contribution is 7.87. The van der Waals surface area contributed by atoms with Gasteiger partial charge >= 0.3 is 22.8 Å². The lowest BCUT2D eigenvalue weighted by Gasteiger charge is -2.37. The first kappa shape index (κ1) is 27.3. The summed E-state index contributed by atoms with van der Waals surface area (Å²) >= 11 is 0. The van der Waals surface area contributed by atoms with E-state index in [1.54, 1.807) is 41.5 Å². The zero-order chi connectivity index (χ0) is 26.8. The van der Waals surface area contributed by atoms with Gasteiger partial charge in [-0.3, -0.25) is 13.7 Å². The van der Waals surface area contributed by atoms with Gasteiger partial charge in [0.25, 0.3) is 0 Å². The van der Waals surface area contributed by atoms with Crippen LogP contribution in [0.1, 0.15) is 50.1 Å². The lowest BCUT2D eigenvalue weighted by molar-refractivity contribution is 0.296. The van der Waals surface area contributed by atoms with E-state index in [0.717, 1.165) is 16.7 Å². The highest BCUT2D eigenvalue weighted by atomic mass is 31.3. The Morgan fingerprint density at radius 2 is 0.556 bits per heavy atom. The molecule has 0 unspecified atom stereocenters. The smallest absolute Gasteiger partial charge is 0.254 e. The van der Waals surface area contributed by atoms with Crippen molar-refractivity contribution in [1.82, 2.24) is 0 Å². The fourth-order valence-corrected chi connectivity index (χ4v) is 15.0. The first-order valence-electron chi connectivity index (χ1n) is 11.8. The predicted molar refractivity (Wildman–Crippen MR) is 147 cm³/mol. The van der Waals surface area contributed by atoms with Crippen molar-refractivity contribution in [3.63, 3.8) is 0 Å². The molecule has 0 aliphatic carbocycles. The van der Waals surface area contributed by atoms with Gasteiger partial charge in [0.1, 0.15) is 0 Å². The van der Waals surface area contributed by atoms with Crippen LogP contribution in [-0.4, -0.2) is 0 Å². The third-order valence-electron chi connectivity index (χ3n) is 6.37. The molecule has 9 heteroatoms. The van der Waals surface area contributed by atoms with Crippen LogP contribution in [0.2, 0.25) is 0 Å². The maximum atomic E-state index is 14.7. The molecule has 3 aromatic rings. The monoisotopic (exact) mass is 546 g/mol. The lowest BCUT2D eigenvalue weighted by Crippen LogP contribution is -2.28. The summed E-state index contributed by atoms with van der Waals surface area (Å²) in [5.41, 5.74) is 6.77. The Morgan fingerprint density at radius 3 is 0.722 bits per heavy atom. The lowest BCUT2D eigenvalue weighted by atomic mass is 10.1. The average Bonchev–Trinajstić information content (AvgIpc) is 2.63. The Morgan fingerprint density at radius 1 is 0.389 bits per heavy atom. The number of hydrogen-bond acceptors (Lipinski definition) is 6. The maximum Gasteiger partial charge on any atom is 0.376 e. The van der Waals surface area contributed by atoms with E-state index in [1.807, 2.05) is 57.2 Å². The highest BCUT2D eigenvalue weighted by Crippen LogP contribution is 2.81. The molecule has 1 aliphatic rings. The summed E-state index contributed by atoms with van der Waals surface area (Å²) in [6.45, 7) is 16.5. The zero-order valence-corrected chi connectivity index (χ0v) is 24.9. The van der Waals surface area contributed by atoms with Crippen LogP contribution >= 0.6 is 22.8 Å². The van der Waals surface area contributed by atoms with E-state index in [4.69, 9.17) is 12.9 Å². The molecule has 0 N–H and O–H groups in total. The van der Waals surface area contributed by atoms with E-state index in [9.17, 15) is 13.7 Å². The molecular formula is C27H33O6P3. The van der Waals surface area contributed by atoms with Gasteiger partial charge in [-0.25, -0.2) is 12.9 Å². The normalized spacial score (nSPS) is 26.2. The molecule has 1 saturated heterocycles. The molecule has 1 heterocycles. The van der Waals surface area contributed by atoms with E-state index in [0.29, 0.717) is 33.4 Å². The first-order valence-corrected chi connectivity index (χ1v) is 16.4. The van der Waals surface area contributed by atoms with Crippen molar-refractivity contribution in [2.24, 2.45) is 0 Å². The largest absolute Gasteiger partial charge is 0.376 e. The molecule has 0 atom stereocenters. The summed E-state index contributed by atoms with van der Waals surface area (Å²) in [6, 6.07) is 11.1. The number of benzene rings is 3. The van der Waals surface area contributed by atoms with E-state index >= 15 is 0 Å².